The number of hydrogen-bond acceptors (Lipinski definition) is 2. The van der Waals surface area contributed by atoms with Crippen molar-refractivity contribution in [3.05, 3.63) is 35.5 Å². The summed E-state index contributed by atoms with van der Waals surface area (Å²) in [6, 6.07) is 0. The molecule has 0 rings (SSSR count). The van der Waals surface area contributed by atoms with E-state index in [9.17, 15) is 4.79 Å². The molecule has 2 nitrogen and oxygen atoms in total. The Hall–Kier alpha value is -1.31. The lowest BCUT2D eigenvalue weighted by atomic mass is 9.99. The van der Waals surface area contributed by atoms with E-state index in [4.69, 9.17) is 4.74 Å². The van der Waals surface area contributed by atoms with Gasteiger partial charge in [0.25, 0.3) is 0 Å². The Labute approximate surface area is 131 Å². The zero-order chi connectivity index (χ0) is 16.3. The average molecular weight is 292 g/mol. The molecule has 0 N–H and O–H groups in total. The smallest absolute Gasteiger partial charge is 0.331 e. The number of rotatable bonds is 9. The van der Waals surface area contributed by atoms with Crippen LogP contribution in [0.4, 0.5) is 0 Å². The predicted octanol–water partition coefficient (Wildman–Crippen LogP) is 5.60. The maximum Gasteiger partial charge on any atom is 0.331 e. The maximum atomic E-state index is 11.5. The fraction of sp³-hybridized carbons (Fsp3) is 0.632. The lowest BCUT2D eigenvalue weighted by Crippen LogP contribution is -2.08. The average Bonchev–Trinajstić information content (AvgIpc) is 2.33. The van der Waals surface area contributed by atoms with E-state index >= 15 is 0 Å². The molecular weight excluding hydrogens is 260 g/mol. The Morgan fingerprint density at radius 2 is 1.81 bits per heavy atom. The van der Waals surface area contributed by atoms with Crippen molar-refractivity contribution in [3.8, 4) is 0 Å². The Kier molecular flexibility index (Phi) is 10.7. The van der Waals surface area contributed by atoms with Gasteiger partial charge in [-0.1, -0.05) is 37.1 Å². The van der Waals surface area contributed by atoms with Crippen molar-refractivity contribution in [3.63, 3.8) is 0 Å². The van der Waals surface area contributed by atoms with E-state index in [0.29, 0.717) is 5.92 Å². The van der Waals surface area contributed by atoms with Crippen LogP contribution < -0.4 is 0 Å². The van der Waals surface area contributed by atoms with Crippen LogP contribution >= 0.6 is 0 Å². The summed E-state index contributed by atoms with van der Waals surface area (Å²) in [5, 5.41) is 0. The third-order valence-corrected chi connectivity index (χ3v) is 3.07. The van der Waals surface area contributed by atoms with Crippen molar-refractivity contribution in [2.24, 2.45) is 5.92 Å². The van der Waals surface area contributed by atoms with Crippen LogP contribution in [0.15, 0.2) is 35.5 Å². The van der Waals surface area contributed by atoms with E-state index in [2.05, 4.69) is 32.9 Å². The van der Waals surface area contributed by atoms with Crippen molar-refractivity contribution < 1.29 is 9.53 Å². The number of esters is 1. The Morgan fingerprint density at radius 3 is 2.38 bits per heavy atom. The normalized spacial score (nSPS) is 13.6. The molecule has 0 aromatic carbocycles. The van der Waals surface area contributed by atoms with Crippen LogP contribution in [0.3, 0.4) is 0 Å². The highest BCUT2D eigenvalue weighted by Gasteiger charge is 2.01. The van der Waals surface area contributed by atoms with Crippen LogP contribution in [-0.4, -0.2) is 12.1 Å². The van der Waals surface area contributed by atoms with Crippen LogP contribution in [0.2, 0.25) is 0 Å². The molecule has 0 saturated heterocycles. The highest BCUT2D eigenvalue weighted by molar-refractivity contribution is 5.83. The topological polar surface area (TPSA) is 26.3 Å². The van der Waals surface area contributed by atoms with Gasteiger partial charge in [0.1, 0.15) is 0 Å². The number of carbonyl (C=O) groups is 1. The van der Waals surface area contributed by atoms with E-state index in [0.717, 1.165) is 12.0 Å². The number of unbranched alkanes of at least 4 members (excludes halogenated alkanes) is 1. The van der Waals surface area contributed by atoms with Gasteiger partial charge in [-0.05, 0) is 65.4 Å². The van der Waals surface area contributed by atoms with Crippen molar-refractivity contribution >= 4 is 5.97 Å². The van der Waals surface area contributed by atoms with E-state index in [1.165, 1.54) is 24.8 Å². The van der Waals surface area contributed by atoms with Crippen molar-refractivity contribution in [1.82, 2.24) is 0 Å². The second-order valence-electron chi connectivity index (χ2n) is 6.33. The second-order valence-corrected chi connectivity index (χ2v) is 6.33. The van der Waals surface area contributed by atoms with Crippen molar-refractivity contribution in [2.45, 2.75) is 73.3 Å². The van der Waals surface area contributed by atoms with Crippen LogP contribution in [0.5, 0.6) is 0 Å². The summed E-state index contributed by atoms with van der Waals surface area (Å²) in [7, 11) is 0. The van der Waals surface area contributed by atoms with Gasteiger partial charge in [0.15, 0.2) is 0 Å². The van der Waals surface area contributed by atoms with E-state index in [1.54, 1.807) is 6.08 Å². The molecular formula is C19H32O2. The van der Waals surface area contributed by atoms with Crippen LogP contribution in [0.25, 0.3) is 0 Å². The molecule has 120 valence electrons. The molecule has 0 spiro atoms. The first-order valence-corrected chi connectivity index (χ1v) is 8.00. The summed E-state index contributed by atoms with van der Waals surface area (Å²) >= 11 is 0. The quantitative estimate of drug-likeness (QED) is 0.182. The second kappa shape index (κ2) is 11.4. The molecule has 1 atom stereocenters. The molecule has 0 amide bonds. The zero-order valence-corrected chi connectivity index (χ0v) is 14.6. The zero-order valence-electron chi connectivity index (χ0n) is 14.6. The van der Waals surface area contributed by atoms with Gasteiger partial charge in [-0.15, -0.1) is 0 Å². The van der Waals surface area contributed by atoms with Gasteiger partial charge < -0.3 is 4.74 Å². The fourth-order valence-corrected chi connectivity index (χ4v) is 1.96. The summed E-state index contributed by atoms with van der Waals surface area (Å²) in [6.07, 6.45) is 12.7. The van der Waals surface area contributed by atoms with Gasteiger partial charge >= 0.3 is 5.97 Å². The number of carbonyl (C=O) groups excluding carboxylic acids is 1. The Bertz CT molecular complexity index is 382. The molecule has 0 heterocycles. The molecule has 0 aromatic rings. The largest absolute Gasteiger partial charge is 0.460 e. The lowest BCUT2D eigenvalue weighted by molar-refractivity contribution is -0.141. The van der Waals surface area contributed by atoms with Crippen LogP contribution in [0, 0.1) is 5.92 Å². The first kappa shape index (κ1) is 19.7. The van der Waals surface area contributed by atoms with Crippen LogP contribution in [0.1, 0.15) is 67.2 Å². The predicted molar refractivity (Wildman–Crippen MR) is 91.2 cm³/mol. The molecule has 0 aliphatic carbocycles. The fourth-order valence-electron chi connectivity index (χ4n) is 1.96. The molecule has 0 bridgehead atoms. The minimum Gasteiger partial charge on any atom is -0.460 e. The minimum atomic E-state index is -0.262. The highest BCUT2D eigenvalue weighted by Crippen LogP contribution is 2.14. The first-order valence-electron chi connectivity index (χ1n) is 8.00. The standard InChI is InChI=1S/C19H32O2/c1-15(2)10-7-8-11-17(5)12-9-13-18(6)14-19(20)21-16(3)4/h9-10,13-14,16-17H,7-8,11-12H2,1-6H3. The van der Waals surface area contributed by atoms with Gasteiger partial charge in [-0.25, -0.2) is 4.79 Å². The molecule has 0 fully saturated rings. The third-order valence-electron chi connectivity index (χ3n) is 3.07. The van der Waals surface area contributed by atoms with E-state index < -0.39 is 0 Å². The number of hydrogen-bond donors (Lipinski definition) is 0. The molecule has 0 radical (unpaired) electrons. The SMILES string of the molecule is CC(C)=CCCCC(C)CC=CC(C)=CC(=O)OC(C)C. The number of allylic oxidation sites excluding steroid dienone is 5. The van der Waals surface area contributed by atoms with Gasteiger partial charge in [-0.2, -0.15) is 0 Å². The van der Waals surface area contributed by atoms with Crippen LogP contribution in [-0.2, 0) is 9.53 Å². The maximum absolute atomic E-state index is 11.5. The molecule has 2 heteroatoms. The summed E-state index contributed by atoms with van der Waals surface area (Å²) < 4.78 is 5.08. The summed E-state index contributed by atoms with van der Waals surface area (Å²) in [4.78, 5) is 11.5. The highest BCUT2D eigenvalue weighted by atomic mass is 16.5. The van der Waals surface area contributed by atoms with E-state index in [1.807, 2.05) is 26.8 Å². The molecule has 0 aliphatic rings. The molecule has 0 aliphatic heterocycles. The molecule has 1 unspecified atom stereocenters. The van der Waals surface area contributed by atoms with Crippen molar-refractivity contribution in [1.29, 1.82) is 0 Å². The third kappa shape index (κ3) is 13.4. The Balaban J connectivity index is 4.00. The monoisotopic (exact) mass is 292 g/mol. The number of ether oxygens (including phenoxy) is 1. The van der Waals surface area contributed by atoms with Gasteiger partial charge in [0.2, 0.25) is 0 Å². The molecule has 0 aromatic heterocycles. The minimum absolute atomic E-state index is 0.0636. The lowest BCUT2D eigenvalue weighted by Gasteiger charge is -2.07. The van der Waals surface area contributed by atoms with Gasteiger partial charge in [0, 0.05) is 6.08 Å². The summed E-state index contributed by atoms with van der Waals surface area (Å²) in [5.74, 6) is 0.421. The van der Waals surface area contributed by atoms with Gasteiger partial charge in [-0.3, -0.25) is 0 Å². The van der Waals surface area contributed by atoms with E-state index in [-0.39, 0.29) is 12.1 Å². The summed E-state index contributed by atoms with van der Waals surface area (Å²) in [6.45, 7) is 12.2. The molecule has 21 heavy (non-hydrogen) atoms. The van der Waals surface area contributed by atoms with Gasteiger partial charge in [0.05, 0.1) is 6.10 Å². The first-order chi connectivity index (χ1) is 9.81. The van der Waals surface area contributed by atoms with Crippen molar-refractivity contribution in [2.75, 3.05) is 0 Å². The Morgan fingerprint density at radius 1 is 1.14 bits per heavy atom. The molecule has 0 saturated carbocycles. The summed E-state index contributed by atoms with van der Waals surface area (Å²) in [5.41, 5.74) is 2.34.